The lowest BCUT2D eigenvalue weighted by atomic mass is 9.47. The molecule has 0 radical (unpaired) electrons. The van der Waals surface area contributed by atoms with Gasteiger partial charge in [0, 0.05) is 35.3 Å². The van der Waals surface area contributed by atoms with Crippen LogP contribution >= 0.6 is 0 Å². The van der Waals surface area contributed by atoms with Gasteiger partial charge in [-0.3, -0.25) is 14.4 Å². The number of ketones is 3. The van der Waals surface area contributed by atoms with Crippen LogP contribution < -0.4 is 0 Å². The van der Waals surface area contributed by atoms with Crippen molar-refractivity contribution in [2.45, 2.75) is 26.7 Å². The number of fused-ring (bicyclic) bond motifs is 3. The van der Waals surface area contributed by atoms with Gasteiger partial charge in [-0.2, -0.15) is 0 Å². The largest absolute Gasteiger partial charge is 0.299 e. The summed E-state index contributed by atoms with van der Waals surface area (Å²) in [6.07, 6.45) is 1.08. The van der Waals surface area contributed by atoms with Crippen molar-refractivity contribution < 1.29 is 14.4 Å². The molecule has 3 heteroatoms. The zero-order valence-electron chi connectivity index (χ0n) is 15.7. The predicted molar refractivity (Wildman–Crippen MR) is 104 cm³/mol. The first-order valence-electron chi connectivity index (χ1n) is 9.61. The van der Waals surface area contributed by atoms with Crippen LogP contribution in [-0.2, 0) is 4.79 Å². The minimum absolute atomic E-state index is 0.000145. The van der Waals surface area contributed by atoms with Crippen LogP contribution in [0.1, 0.15) is 47.4 Å². The maximum absolute atomic E-state index is 13.5. The smallest absolute Gasteiger partial charge is 0.167 e. The Balaban J connectivity index is 1.80. The number of carbonyl (C=O) groups excluding carboxylic acids is 3. The van der Waals surface area contributed by atoms with Gasteiger partial charge in [-0.1, -0.05) is 74.5 Å². The Labute approximate surface area is 159 Å². The summed E-state index contributed by atoms with van der Waals surface area (Å²) in [7, 11) is 0. The molecule has 2 aromatic carbocycles. The van der Waals surface area contributed by atoms with Crippen molar-refractivity contribution in [3.8, 4) is 0 Å². The molecule has 5 rings (SSSR count). The quantitative estimate of drug-likeness (QED) is 0.748. The van der Waals surface area contributed by atoms with Crippen LogP contribution in [0.15, 0.2) is 60.7 Å². The third-order valence-corrected chi connectivity index (χ3v) is 6.56. The Kier molecular flexibility index (Phi) is 4.33. The van der Waals surface area contributed by atoms with E-state index in [1.807, 2.05) is 48.5 Å². The summed E-state index contributed by atoms with van der Waals surface area (Å²) in [5.41, 5.74) is 1.09. The average Bonchev–Trinajstić information content (AvgIpc) is 2.68. The first kappa shape index (κ1) is 17.8. The van der Waals surface area contributed by atoms with E-state index < -0.39 is 11.8 Å². The van der Waals surface area contributed by atoms with E-state index in [1.165, 1.54) is 0 Å². The Morgan fingerprint density at radius 1 is 0.815 bits per heavy atom. The van der Waals surface area contributed by atoms with Crippen molar-refractivity contribution in [2.24, 2.45) is 29.1 Å². The van der Waals surface area contributed by atoms with Crippen LogP contribution in [0.5, 0.6) is 0 Å². The fourth-order valence-corrected chi connectivity index (χ4v) is 5.20. The van der Waals surface area contributed by atoms with Crippen LogP contribution in [0.3, 0.4) is 0 Å². The van der Waals surface area contributed by atoms with Gasteiger partial charge in [0.25, 0.3) is 0 Å². The minimum atomic E-state index is -0.556. The van der Waals surface area contributed by atoms with Gasteiger partial charge in [-0.15, -0.1) is 0 Å². The Bertz CT molecular complexity index is 882. The molecular formula is C24H24O3. The molecule has 3 saturated carbocycles. The number of hydrogen-bond acceptors (Lipinski definition) is 3. The Hall–Kier alpha value is -2.55. The molecule has 3 aliphatic rings. The molecule has 0 heterocycles. The monoisotopic (exact) mass is 360 g/mol. The van der Waals surface area contributed by atoms with Crippen LogP contribution in [0.4, 0.5) is 0 Å². The number of rotatable bonds is 4. The van der Waals surface area contributed by atoms with Crippen LogP contribution in [0, 0.1) is 29.1 Å². The summed E-state index contributed by atoms with van der Waals surface area (Å²) >= 11 is 0. The third-order valence-electron chi connectivity index (χ3n) is 6.56. The lowest BCUT2D eigenvalue weighted by Gasteiger charge is -2.54. The highest BCUT2D eigenvalue weighted by Gasteiger charge is 2.59. The van der Waals surface area contributed by atoms with Gasteiger partial charge < -0.3 is 0 Å². The highest BCUT2D eigenvalue weighted by Crippen LogP contribution is 2.57. The van der Waals surface area contributed by atoms with Gasteiger partial charge in [-0.25, -0.2) is 0 Å². The molecule has 0 unspecified atom stereocenters. The van der Waals surface area contributed by atoms with Crippen molar-refractivity contribution in [1.29, 1.82) is 0 Å². The molecule has 138 valence electrons. The summed E-state index contributed by atoms with van der Waals surface area (Å²) in [6.45, 7) is 4.26. The minimum Gasteiger partial charge on any atom is -0.299 e. The van der Waals surface area contributed by atoms with Gasteiger partial charge in [-0.05, 0) is 17.8 Å². The second-order valence-electron chi connectivity index (χ2n) is 8.59. The van der Waals surface area contributed by atoms with Crippen LogP contribution in [0.25, 0.3) is 0 Å². The van der Waals surface area contributed by atoms with E-state index >= 15 is 0 Å². The SMILES string of the molecule is CC1(C)C[C@H]2C(=O)C[C@@H]1[C@H](C(=O)c1ccccc1)[C@H]2C(=O)c1ccccc1. The molecule has 0 spiro atoms. The average molecular weight is 360 g/mol. The van der Waals surface area contributed by atoms with Gasteiger partial charge in [0.2, 0.25) is 0 Å². The fraction of sp³-hybridized carbons (Fsp3) is 0.375. The first-order chi connectivity index (χ1) is 12.9. The molecule has 0 aromatic heterocycles. The number of hydrogen-bond donors (Lipinski definition) is 0. The van der Waals surface area contributed by atoms with E-state index in [9.17, 15) is 14.4 Å². The van der Waals surface area contributed by atoms with E-state index in [2.05, 4.69) is 13.8 Å². The lowest BCUT2D eigenvalue weighted by Crippen LogP contribution is -2.57. The Morgan fingerprint density at radius 3 is 1.81 bits per heavy atom. The van der Waals surface area contributed by atoms with E-state index in [0.717, 1.165) is 0 Å². The molecule has 0 aliphatic heterocycles. The van der Waals surface area contributed by atoms with Crippen molar-refractivity contribution in [3.63, 3.8) is 0 Å². The molecule has 4 atom stereocenters. The maximum atomic E-state index is 13.5. The van der Waals surface area contributed by atoms with Gasteiger partial charge in [0.1, 0.15) is 5.78 Å². The normalized spacial score (nSPS) is 28.7. The molecule has 3 aliphatic carbocycles. The van der Waals surface area contributed by atoms with Crippen molar-refractivity contribution in [1.82, 2.24) is 0 Å². The highest BCUT2D eigenvalue weighted by atomic mass is 16.1. The molecule has 0 N–H and O–H groups in total. The Morgan fingerprint density at radius 2 is 1.30 bits per heavy atom. The van der Waals surface area contributed by atoms with E-state index in [1.54, 1.807) is 12.1 Å². The standard InChI is InChI=1S/C24H24O3/c1-24(2)14-17-19(25)13-18(24)21(23(27)16-11-7-4-8-12-16)20(17)22(26)15-9-5-3-6-10-15/h3-12,17-18,20-21H,13-14H2,1-2H3/t17-,18+,20-,21-/m0/s1. The van der Waals surface area contributed by atoms with Gasteiger partial charge in [0.15, 0.2) is 11.6 Å². The second-order valence-corrected chi connectivity index (χ2v) is 8.59. The third kappa shape index (κ3) is 2.95. The predicted octanol–water partition coefficient (Wildman–Crippen LogP) is 4.62. The summed E-state index contributed by atoms with van der Waals surface area (Å²) in [5, 5.41) is 0. The lowest BCUT2D eigenvalue weighted by molar-refractivity contribution is -0.142. The van der Waals surface area contributed by atoms with Crippen LogP contribution in [-0.4, -0.2) is 17.3 Å². The van der Waals surface area contributed by atoms with Crippen molar-refractivity contribution in [2.75, 3.05) is 0 Å². The molecule has 0 amide bonds. The number of Topliss-reactive ketones (excluding diaryl/α,β-unsaturated/α-hetero) is 3. The summed E-state index contributed by atoms with van der Waals surface area (Å²) in [4.78, 5) is 39.6. The summed E-state index contributed by atoms with van der Waals surface area (Å²) in [5.74, 6) is -1.38. The summed E-state index contributed by atoms with van der Waals surface area (Å²) in [6, 6.07) is 18.3. The zero-order chi connectivity index (χ0) is 19.2. The molecule has 2 bridgehead atoms. The fourth-order valence-electron chi connectivity index (χ4n) is 5.20. The number of carbonyl (C=O) groups is 3. The van der Waals surface area contributed by atoms with Gasteiger partial charge in [0.05, 0.1) is 0 Å². The van der Waals surface area contributed by atoms with Crippen molar-refractivity contribution in [3.05, 3.63) is 71.8 Å². The van der Waals surface area contributed by atoms with E-state index in [0.29, 0.717) is 24.0 Å². The molecule has 27 heavy (non-hydrogen) atoms. The van der Waals surface area contributed by atoms with E-state index in [4.69, 9.17) is 0 Å². The molecular weight excluding hydrogens is 336 g/mol. The molecule has 3 fully saturated rings. The first-order valence-corrected chi connectivity index (χ1v) is 9.61. The highest BCUT2D eigenvalue weighted by molar-refractivity contribution is 6.08. The maximum Gasteiger partial charge on any atom is 0.167 e. The molecule has 2 aromatic rings. The van der Waals surface area contributed by atoms with Crippen LogP contribution in [0.2, 0.25) is 0 Å². The molecule has 3 nitrogen and oxygen atoms in total. The van der Waals surface area contributed by atoms with Crippen molar-refractivity contribution >= 4 is 17.3 Å². The molecule has 0 saturated heterocycles. The van der Waals surface area contributed by atoms with Gasteiger partial charge >= 0.3 is 0 Å². The zero-order valence-corrected chi connectivity index (χ0v) is 15.7. The van der Waals surface area contributed by atoms with E-state index in [-0.39, 0.29) is 34.6 Å². The number of benzene rings is 2. The second kappa shape index (κ2) is 6.56. The topological polar surface area (TPSA) is 51.2 Å². The summed E-state index contributed by atoms with van der Waals surface area (Å²) < 4.78 is 0.